The molecule has 0 aromatic carbocycles. The van der Waals surface area contributed by atoms with Crippen LogP contribution in [-0.2, 0) is 9.47 Å². The zero-order valence-electron chi connectivity index (χ0n) is 11.0. The van der Waals surface area contributed by atoms with E-state index in [0.29, 0.717) is 26.2 Å². The largest absolute Gasteiger partial charge is 0.478 e. The van der Waals surface area contributed by atoms with Crippen LogP contribution in [0, 0.1) is 0 Å². The van der Waals surface area contributed by atoms with Gasteiger partial charge in [0, 0.05) is 25.8 Å². The molecule has 2 heterocycles. The highest BCUT2D eigenvalue weighted by molar-refractivity contribution is 5.95. The number of hydrogen-bond acceptors (Lipinski definition) is 5. The summed E-state index contributed by atoms with van der Waals surface area (Å²) in [5.74, 6) is -1.56. The SMILES string of the molecule is O=C(O)c1coc(C(=O)NCCCOC2CCOC2)c1. The van der Waals surface area contributed by atoms with Gasteiger partial charge in [0.25, 0.3) is 5.91 Å². The summed E-state index contributed by atoms with van der Waals surface area (Å²) in [4.78, 5) is 22.3. The summed E-state index contributed by atoms with van der Waals surface area (Å²) < 4.78 is 15.6. The summed E-state index contributed by atoms with van der Waals surface area (Å²) >= 11 is 0. The lowest BCUT2D eigenvalue weighted by molar-refractivity contribution is 0.0414. The second-order valence-corrected chi connectivity index (χ2v) is 4.47. The number of carboxylic acid groups (broad SMARTS) is 1. The maximum absolute atomic E-state index is 11.6. The summed E-state index contributed by atoms with van der Waals surface area (Å²) in [5, 5.41) is 11.4. The van der Waals surface area contributed by atoms with E-state index < -0.39 is 11.9 Å². The van der Waals surface area contributed by atoms with Crippen molar-refractivity contribution in [3.05, 3.63) is 23.7 Å². The van der Waals surface area contributed by atoms with E-state index in [9.17, 15) is 9.59 Å². The Labute approximate surface area is 115 Å². The number of furan rings is 1. The van der Waals surface area contributed by atoms with Gasteiger partial charge in [-0.15, -0.1) is 0 Å². The van der Waals surface area contributed by atoms with Crippen LogP contribution < -0.4 is 5.32 Å². The Morgan fingerprint density at radius 2 is 2.35 bits per heavy atom. The monoisotopic (exact) mass is 283 g/mol. The molecule has 110 valence electrons. The van der Waals surface area contributed by atoms with Gasteiger partial charge in [0.05, 0.1) is 18.3 Å². The molecule has 0 bridgehead atoms. The Balaban J connectivity index is 1.62. The van der Waals surface area contributed by atoms with E-state index in [1.807, 2.05) is 0 Å². The Kier molecular flexibility index (Phi) is 5.14. The molecule has 0 radical (unpaired) electrons. The third-order valence-corrected chi connectivity index (χ3v) is 2.92. The Morgan fingerprint density at radius 3 is 3.00 bits per heavy atom. The van der Waals surface area contributed by atoms with Crippen LogP contribution in [0.1, 0.15) is 33.8 Å². The van der Waals surface area contributed by atoms with E-state index in [1.54, 1.807) is 0 Å². The second-order valence-electron chi connectivity index (χ2n) is 4.47. The summed E-state index contributed by atoms with van der Waals surface area (Å²) in [6.45, 7) is 2.37. The van der Waals surface area contributed by atoms with Crippen LogP contribution in [-0.4, -0.2) is 49.5 Å². The molecule has 7 nitrogen and oxygen atoms in total. The van der Waals surface area contributed by atoms with Crippen LogP contribution in [0.4, 0.5) is 0 Å². The fraction of sp³-hybridized carbons (Fsp3) is 0.538. The number of amides is 1. The van der Waals surface area contributed by atoms with Crippen molar-refractivity contribution in [2.24, 2.45) is 0 Å². The molecule has 1 amide bonds. The molecule has 0 aliphatic carbocycles. The predicted octanol–water partition coefficient (Wildman–Crippen LogP) is 0.903. The highest BCUT2D eigenvalue weighted by Gasteiger charge is 2.16. The van der Waals surface area contributed by atoms with Crippen molar-refractivity contribution in [1.29, 1.82) is 0 Å². The van der Waals surface area contributed by atoms with Crippen LogP contribution in [0.2, 0.25) is 0 Å². The molecule has 2 rings (SSSR count). The third-order valence-electron chi connectivity index (χ3n) is 2.92. The van der Waals surface area contributed by atoms with Crippen LogP contribution in [0.25, 0.3) is 0 Å². The maximum Gasteiger partial charge on any atom is 0.338 e. The zero-order valence-corrected chi connectivity index (χ0v) is 11.0. The summed E-state index contributed by atoms with van der Waals surface area (Å²) in [6.07, 6.45) is 2.79. The lowest BCUT2D eigenvalue weighted by Crippen LogP contribution is -2.25. The van der Waals surface area contributed by atoms with E-state index in [2.05, 4.69) is 5.32 Å². The number of carboxylic acids is 1. The number of carbonyl (C=O) groups is 2. The van der Waals surface area contributed by atoms with Crippen molar-refractivity contribution in [3.63, 3.8) is 0 Å². The van der Waals surface area contributed by atoms with Crippen molar-refractivity contribution in [3.8, 4) is 0 Å². The predicted molar refractivity (Wildman–Crippen MR) is 67.8 cm³/mol. The maximum atomic E-state index is 11.6. The standard InChI is InChI=1S/C13H17NO6/c15-12(11-6-9(7-20-11)13(16)17)14-3-1-4-19-10-2-5-18-8-10/h6-7,10H,1-5,8H2,(H,14,15)(H,16,17). The topological polar surface area (TPSA) is 98.0 Å². The van der Waals surface area contributed by atoms with Crippen molar-refractivity contribution in [2.45, 2.75) is 18.9 Å². The minimum atomic E-state index is -1.13. The van der Waals surface area contributed by atoms with Gasteiger partial charge in [-0.2, -0.15) is 0 Å². The zero-order chi connectivity index (χ0) is 14.4. The molecule has 1 saturated heterocycles. The molecule has 1 unspecified atom stereocenters. The molecule has 1 fully saturated rings. The number of ether oxygens (including phenoxy) is 2. The number of rotatable bonds is 7. The van der Waals surface area contributed by atoms with E-state index >= 15 is 0 Å². The van der Waals surface area contributed by atoms with Gasteiger partial charge < -0.3 is 24.3 Å². The van der Waals surface area contributed by atoms with Gasteiger partial charge in [0.15, 0.2) is 5.76 Å². The molecule has 20 heavy (non-hydrogen) atoms. The smallest absolute Gasteiger partial charge is 0.338 e. The average Bonchev–Trinajstić information content (AvgIpc) is 3.09. The Morgan fingerprint density at radius 1 is 1.50 bits per heavy atom. The number of aromatic carboxylic acids is 1. The Bertz CT molecular complexity index is 463. The van der Waals surface area contributed by atoms with Gasteiger partial charge in [-0.3, -0.25) is 4.79 Å². The molecule has 7 heteroatoms. The molecule has 1 atom stereocenters. The van der Waals surface area contributed by atoms with E-state index in [-0.39, 0.29) is 17.4 Å². The summed E-state index contributed by atoms with van der Waals surface area (Å²) in [6, 6.07) is 1.20. The number of nitrogens with one attached hydrogen (secondary N) is 1. The number of hydrogen-bond donors (Lipinski definition) is 2. The highest BCUT2D eigenvalue weighted by atomic mass is 16.5. The first-order chi connectivity index (χ1) is 9.66. The van der Waals surface area contributed by atoms with Crippen molar-refractivity contribution in [1.82, 2.24) is 5.32 Å². The van der Waals surface area contributed by atoms with E-state index in [1.165, 1.54) is 6.07 Å². The lowest BCUT2D eigenvalue weighted by atomic mass is 10.3. The summed E-state index contributed by atoms with van der Waals surface area (Å²) in [5.41, 5.74) is -0.0419. The second kappa shape index (κ2) is 7.06. The quantitative estimate of drug-likeness (QED) is 0.722. The average molecular weight is 283 g/mol. The fourth-order valence-electron chi connectivity index (χ4n) is 1.82. The van der Waals surface area contributed by atoms with Gasteiger partial charge >= 0.3 is 5.97 Å². The lowest BCUT2D eigenvalue weighted by Gasteiger charge is -2.09. The van der Waals surface area contributed by atoms with Crippen molar-refractivity contribution < 1.29 is 28.6 Å². The normalized spacial score (nSPS) is 18.1. The molecule has 1 aromatic heterocycles. The van der Waals surface area contributed by atoms with Gasteiger partial charge in [0.2, 0.25) is 0 Å². The molecule has 2 N–H and O–H groups in total. The first-order valence-electron chi connectivity index (χ1n) is 6.46. The van der Waals surface area contributed by atoms with Crippen LogP contribution in [0.5, 0.6) is 0 Å². The first kappa shape index (κ1) is 14.5. The molecule has 0 spiro atoms. The molecule has 1 aromatic rings. The first-order valence-corrected chi connectivity index (χ1v) is 6.46. The van der Waals surface area contributed by atoms with E-state index in [4.69, 9.17) is 19.0 Å². The van der Waals surface area contributed by atoms with Gasteiger partial charge in [0.1, 0.15) is 6.26 Å². The number of carbonyl (C=O) groups excluding carboxylic acids is 1. The molecular formula is C13H17NO6. The Hall–Kier alpha value is -1.86. The molecule has 0 saturated carbocycles. The summed E-state index contributed by atoms with van der Waals surface area (Å²) in [7, 11) is 0. The van der Waals surface area contributed by atoms with Crippen LogP contribution in [0.15, 0.2) is 16.7 Å². The molecular weight excluding hydrogens is 266 g/mol. The fourth-order valence-corrected chi connectivity index (χ4v) is 1.82. The van der Waals surface area contributed by atoms with Crippen molar-refractivity contribution >= 4 is 11.9 Å². The van der Waals surface area contributed by atoms with Crippen LogP contribution in [0.3, 0.4) is 0 Å². The third kappa shape index (κ3) is 4.07. The van der Waals surface area contributed by atoms with E-state index in [0.717, 1.165) is 19.3 Å². The molecule has 1 aliphatic rings. The van der Waals surface area contributed by atoms with Gasteiger partial charge in [-0.1, -0.05) is 0 Å². The van der Waals surface area contributed by atoms with Crippen molar-refractivity contribution in [2.75, 3.05) is 26.4 Å². The van der Waals surface area contributed by atoms with Gasteiger partial charge in [-0.05, 0) is 12.8 Å². The highest BCUT2D eigenvalue weighted by Crippen LogP contribution is 2.09. The minimum absolute atomic E-state index is 0.00693. The minimum Gasteiger partial charge on any atom is -0.478 e. The van der Waals surface area contributed by atoms with Gasteiger partial charge in [-0.25, -0.2) is 4.79 Å². The molecule has 1 aliphatic heterocycles. The van der Waals surface area contributed by atoms with Crippen LogP contribution >= 0.6 is 0 Å².